The van der Waals surface area contributed by atoms with Crippen LogP contribution in [-0.4, -0.2) is 71.8 Å². The molecule has 3 aliphatic rings. The molecule has 0 saturated carbocycles. The van der Waals surface area contributed by atoms with Gasteiger partial charge in [0.15, 0.2) is 0 Å². The molecule has 3 heterocycles. The van der Waals surface area contributed by atoms with Crippen molar-refractivity contribution in [2.45, 2.75) is 50.2 Å². The van der Waals surface area contributed by atoms with Gasteiger partial charge in [-0.1, -0.05) is 0 Å². The van der Waals surface area contributed by atoms with Gasteiger partial charge in [0.1, 0.15) is 0 Å². The van der Waals surface area contributed by atoms with Crippen LogP contribution in [-0.2, 0) is 9.53 Å². The maximum Gasteiger partial charge on any atom is 0.305 e. The second-order valence-electron chi connectivity index (χ2n) is 6.07. The molecule has 3 saturated heterocycles. The van der Waals surface area contributed by atoms with Gasteiger partial charge in [-0.05, 0) is 38.8 Å². The van der Waals surface area contributed by atoms with Gasteiger partial charge in [-0.15, -0.1) is 0 Å². The molecule has 0 spiro atoms. The molecule has 108 valence electrons. The zero-order valence-corrected chi connectivity index (χ0v) is 11.5. The van der Waals surface area contributed by atoms with Crippen LogP contribution in [0.1, 0.15) is 32.1 Å². The Kier molecular flexibility index (Phi) is 4.05. The van der Waals surface area contributed by atoms with Crippen LogP contribution in [0.5, 0.6) is 0 Å². The lowest BCUT2D eigenvalue weighted by atomic mass is 9.94. The summed E-state index contributed by atoms with van der Waals surface area (Å²) in [6.07, 6.45) is 5.27. The Labute approximate surface area is 114 Å². The molecule has 5 heteroatoms. The van der Waals surface area contributed by atoms with E-state index in [-0.39, 0.29) is 12.5 Å². The number of fused-ring (bicyclic) bond motifs is 1. The van der Waals surface area contributed by atoms with E-state index in [4.69, 9.17) is 9.84 Å². The highest BCUT2D eigenvalue weighted by molar-refractivity contribution is 5.67. The van der Waals surface area contributed by atoms with Gasteiger partial charge in [0.2, 0.25) is 0 Å². The smallest absolute Gasteiger partial charge is 0.305 e. The average Bonchev–Trinajstić information content (AvgIpc) is 2.86. The highest BCUT2D eigenvalue weighted by atomic mass is 16.5. The van der Waals surface area contributed by atoms with Crippen molar-refractivity contribution in [1.29, 1.82) is 0 Å². The van der Waals surface area contributed by atoms with Crippen molar-refractivity contribution < 1.29 is 14.6 Å². The first-order valence-corrected chi connectivity index (χ1v) is 7.53. The molecule has 0 amide bonds. The summed E-state index contributed by atoms with van der Waals surface area (Å²) >= 11 is 0. The van der Waals surface area contributed by atoms with Gasteiger partial charge >= 0.3 is 5.97 Å². The van der Waals surface area contributed by atoms with Crippen LogP contribution >= 0.6 is 0 Å². The van der Waals surface area contributed by atoms with Crippen molar-refractivity contribution in [1.82, 2.24) is 9.80 Å². The number of hydrogen-bond acceptors (Lipinski definition) is 4. The molecule has 3 unspecified atom stereocenters. The average molecular weight is 268 g/mol. The summed E-state index contributed by atoms with van der Waals surface area (Å²) < 4.78 is 5.48. The molecule has 0 aromatic carbocycles. The van der Waals surface area contributed by atoms with Crippen molar-refractivity contribution in [2.24, 2.45) is 0 Å². The number of carboxylic acids is 1. The molecule has 0 bridgehead atoms. The largest absolute Gasteiger partial charge is 0.481 e. The van der Waals surface area contributed by atoms with Crippen LogP contribution in [0.25, 0.3) is 0 Å². The highest BCUT2D eigenvalue weighted by Crippen LogP contribution is 2.31. The van der Waals surface area contributed by atoms with E-state index in [0.29, 0.717) is 12.6 Å². The second-order valence-corrected chi connectivity index (χ2v) is 6.07. The lowest BCUT2D eigenvalue weighted by Gasteiger charge is -2.45. The summed E-state index contributed by atoms with van der Waals surface area (Å²) in [5.74, 6) is -0.709. The zero-order chi connectivity index (χ0) is 13.2. The van der Waals surface area contributed by atoms with Crippen LogP contribution in [0.2, 0.25) is 0 Å². The molecule has 3 aliphatic heterocycles. The Morgan fingerprint density at radius 3 is 2.95 bits per heavy atom. The standard InChI is InChI=1S/C14H24N2O3/c17-14(18)9-13-10-19-7-6-16(13)12-3-5-15-4-1-2-11(15)8-12/h11-13H,1-10H2,(H,17,18). The van der Waals surface area contributed by atoms with Gasteiger partial charge in [0.05, 0.1) is 19.6 Å². The summed E-state index contributed by atoms with van der Waals surface area (Å²) in [7, 11) is 0. The molecule has 3 fully saturated rings. The number of carbonyl (C=O) groups is 1. The predicted octanol–water partition coefficient (Wildman–Crippen LogP) is 0.789. The van der Waals surface area contributed by atoms with Crippen molar-refractivity contribution in [3.8, 4) is 0 Å². The SMILES string of the molecule is O=C(O)CC1COCCN1C1CCN2CCCC2C1. The minimum atomic E-state index is -0.709. The van der Waals surface area contributed by atoms with E-state index >= 15 is 0 Å². The Balaban J connectivity index is 1.63. The minimum absolute atomic E-state index is 0.0733. The van der Waals surface area contributed by atoms with E-state index < -0.39 is 5.97 Å². The molecule has 0 aliphatic carbocycles. The number of aliphatic carboxylic acids is 1. The van der Waals surface area contributed by atoms with Gasteiger partial charge in [-0.2, -0.15) is 0 Å². The minimum Gasteiger partial charge on any atom is -0.481 e. The van der Waals surface area contributed by atoms with Gasteiger partial charge in [-0.3, -0.25) is 9.69 Å². The summed E-state index contributed by atoms with van der Waals surface area (Å²) in [5.41, 5.74) is 0. The molecular weight excluding hydrogens is 244 g/mol. The van der Waals surface area contributed by atoms with Crippen LogP contribution < -0.4 is 0 Å². The van der Waals surface area contributed by atoms with Gasteiger partial charge in [-0.25, -0.2) is 0 Å². The van der Waals surface area contributed by atoms with E-state index in [9.17, 15) is 4.79 Å². The normalized spacial score (nSPS) is 37.2. The molecule has 19 heavy (non-hydrogen) atoms. The third kappa shape index (κ3) is 2.93. The number of rotatable bonds is 3. The summed E-state index contributed by atoms with van der Waals surface area (Å²) in [6, 6.07) is 1.38. The topological polar surface area (TPSA) is 53.0 Å². The molecule has 1 N–H and O–H groups in total. The number of nitrogens with zero attached hydrogens (tertiary/aromatic N) is 2. The molecule has 0 aromatic rings. The van der Waals surface area contributed by atoms with Crippen LogP contribution in [0.3, 0.4) is 0 Å². The number of hydrogen-bond donors (Lipinski definition) is 1. The number of ether oxygens (including phenoxy) is 1. The second kappa shape index (κ2) is 5.77. The third-order valence-corrected chi connectivity index (χ3v) is 4.95. The summed E-state index contributed by atoms with van der Waals surface area (Å²) in [5, 5.41) is 9.04. The van der Waals surface area contributed by atoms with Gasteiger partial charge in [0.25, 0.3) is 0 Å². The predicted molar refractivity (Wildman–Crippen MR) is 71.2 cm³/mol. The van der Waals surface area contributed by atoms with Gasteiger partial charge < -0.3 is 14.7 Å². The molecule has 5 nitrogen and oxygen atoms in total. The number of morpholine rings is 1. The summed E-state index contributed by atoms with van der Waals surface area (Å²) in [4.78, 5) is 16.0. The Hall–Kier alpha value is -0.650. The molecule has 3 rings (SSSR count). The van der Waals surface area contributed by atoms with Crippen molar-refractivity contribution in [3.63, 3.8) is 0 Å². The number of carboxylic acid groups (broad SMARTS) is 1. The first-order chi connectivity index (χ1) is 9.24. The maximum absolute atomic E-state index is 11.0. The van der Waals surface area contributed by atoms with Crippen LogP contribution in [0.15, 0.2) is 0 Å². The monoisotopic (exact) mass is 268 g/mol. The Morgan fingerprint density at radius 1 is 1.21 bits per heavy atom. The number of piperidine rings is 1. The molecule has 0 aromatic heterocycles. The lowest BCUT2D eigenvalue weighted by molar-refractivity contribution is -0.141. The Bertz CT molecular complexity index is 337. The maximum atomic E-state index is 11.0. The van der Waals surface area contributed by atoms with E-state index in [1.165, 1.54) is 38.8 Å². The third-order valence-electron chi connectivity index (χ3n) is 4.95. The highest BCUT2D eigenvalue weighted by Gasteiger charge is 2.37. The van der Waals surface area contributed by atoms with Crippen molar-refractivity contribution in [3.05, 3.63) is 0 Å². The molecule has 3 atom stereocenters. The fourth-order valence-corrected chi connectivity index (χ4v) is 4.03. The molecule has 0 radical (unpaired) electrons. The quantitative estimate of drug-likeness (QED) is 0.820. The first kappa shape index (κ1) is 13.3. The summed E-state index contributed by atoms with van der Waals surface area (Å²) in [6.45, 7) is 4.68. The van der Waals surface area contributed by atoms with Crippen LogP contribution in [0.4, 0.5) is 0 Å². The fourth-order valence-electron chi connectivity index (χ4n) is 4.03. The van der Waals surface area contributed by atoms with E-state index in [0.717, 1.165) is 19.2 Å². The van der Waals surface area contributed by atoms with E-state index in [1.54, 1.807) is 0 Å². The van der Waals surface area contributed by atoms with Gasteiger partial charge in [0, 0.05) is 24.7 Å². The first-order valence-electron chi connectivity index (χ1n) is 7.53. The lowest BCUT2D eigenvalue weighted by Crippen LogP contribution is -2.55. The zero-order valence-electron chi connectivity index (χ0n) is 11.5. The van der Waals surface area contributed by atoms with Crippen molar-refractivity contribution >= 4 is 5.97 Å². The van der Waals surface area contributed by atoms with E-state index in [1.807, 2.05) is 0 Å². The molecular formula is C14H24N2O3. The van der Waals surface area contributed by atoms with Crippen molar-refractivity contribution in [2.75, 3.05) is 32.8 Å². The fraction of sp³-hybridized carbons (Fsp3) is 0.929. The Morgan fingerprint density at radius 2 is 2.11 bits per heavy atom. The van der Waals surface area contributed by atoms with E-state index in [2.05, 4.69) is 9.80 Å². The van der Waals surface area contributed by atoms with Crippen LogP contribution in [0, 0.1) is 0 Å².